The van der Waals surface area contributed by atoms with Gasteiger partial charge < -0.3 is 20.5 Å². The van der Waals surface area contributed by atoms with Gasteiger partial charge in [-0.3, -0.25) is 0 Å². The van der Waals surface area contributed by atoms with Crippen LogP contribution in [0.4, 0.5) is 15.8 Å². The third kappa shape index (κ3) is 3.37. The van der Waals surface area contributed by atoms with E-state index in [1.165, 1.54) is 12.1 Å². The van der Waals surface area contributed by atoms with Crippen LogP contribution in [0.5, 0.6) is 11.5 Å². The number of nitrogens with two attached hydrogens (primary N) is 1. The van der Waals surface area contributed by atoms with Gasteiger partial charge in [0.25, 0.3) is 0 Å². The van der Waals surface area contributed by atoms with E-state index in [0.29, 0.717) is 17.2 Å². The predicted octanol–water partition coefficient (Wildman–Crippen LogP) is 3.60. The Bertz CT molecular complexity index is 614. The molecule has 0 aliphatic carbocycles. The van der Waals surface area contributed by atoms with Gasteiger partial charge in [-0.05, 0) is 24.6 Å². The number of anilines is 2. The Labute approximate surface area is 123 Å². The Morgan fingerprint density at radius 2 is 1.62 bits per heavy atom. The van der Waals surface area contributed by atoms with Crippen molar-refractivity contribution in [1.29, 1.82) is 0 Å². The van der Waals surface area contributed by atoms with Gasteiger partial charge in [-0.1, -0.05) is 12.1 Å². The summed E-state index contributed by atoms with van der Waals surface area (Å²) in [6, 6.07) is 9.82. The number of halogens is 1. The molecule has 5 heteroatoms. The van der Waals surface area contributed by atoms with Crippen LogP contribution in [0.3, 0.4) is 0 Å². The van der Waals surface area contributed by atoms with E-state index >= 15 is 0 Å². The summed E-state index contributed by atoms with van der Waals surface area (Å²) in [5.41, 5.74) is 8.27. The standard InChI is InChI=1S/C16H19FN2O2/c1-10(11-4-6-12(17)7-5-11)19-14-9-16(21-3)15(20-2)8-13(14)18/h4-10,19H,18H2,1-3H3. The lowest BCUT2D eigenvalue weighted by molar-refractivity contribution is 0.355. The highest BCUT2D eigenvalue weighted by Gasteiger charge is 2.12. The van der Waals surface area contributed by atoms with Crippen LogP contribution in [-0.2, 0) is 0 Å². The fraction of sp³-hybridized carbons (Fsp3) is 0.250. The molecule has 3 N–H and O–H groups in total. The lowest BCUT2D eigenvalue weighted by Gasteiger charge is -2.19. The fourth-order valence-electron chi connectivity index (χ4n) is 2.09. The van der Waals surface area contributed by atoms with E-state index in [1.54, 1.807) is 38.5 Å². The number of nitrogen functional groups attached to an aromatic ring is 1. The van der Waals surface area contributed by atoms with Gasteiger partial charge >= 0.3 is 0 Å². The van der Waals surface area contributed by atoms with Gasteiger partial charge in [-0.25, -0.2) is 4.39 Å². The van der Waals surface area contributed by atoms with Crippen LogP contribution < -0.4 is 20.5 Å². The molecule has 112 valence electrons. The summed E-state index contributed by atoms with van der Waals surface area (Å²) in [7, 11) is 3.13. The van der Waals surface area contributed by atoms with Crippen molar-refractivity contribution in [2.45, 2.75) is 13.0 Å². The van der Waals surface area contributed by atoms with Crippen molar-refractivity contribution in [3.05, 3.63) is 47.8 Å². The Kier molecular flexibility index (Phi) is 4.52. The van der Waals surface area contributed by atoms with Gasteiger partial charge in [0.1, 0.15) is 5.82 Å². The molecule has 0 saturated carbocycles. The van der Waals surface area contributed by atoms with Crippen molar-refractivity contribution in [3.63, 3.8) is 0 Å². The molecule has 2 aromatic rings. The molecule has 0 radical (unpaired) electrons. The number of ether oxygens (including phenoxy) is 2. The number of hydrogen-bond donors (Lipinski definition) is 2. The zero-order chi connectivity index (χ0) is 15.4. The number of methoxy groups -OCH3 is 2. The van der Waals surface area contributed by atoms with Crippen LogP contribution in [0.25, 0.3) is 0 Å². The molecule has 1 unspecified atom stereocenters. The Morgan fingerprint density at radius 3 is 2.19 bits per heavy atom. The SMILES string of the molecule is COc1cc(N)c(NC(C)c2ccc(F)cc2)cc1OC. The largest absolute Gasteiger partial charge is 0.493 e. The molecule has 2 rings (SSSR count). The summed E-state index contributed by atoms with van der Waals surface area (Å²) in [6.45, 7) is 1.98. The third-order valence-corrected chi connectivity index (χ3v) is 3.30. The minimum Gasteiger partial charge on any atom is -0.493 e. The highest BCUT2D eigenvalue weighted by atomic mass is 19.1. The minimum absolute atomic E-state index is 0.0222. The van der Waals surface area contributed by atoms with Crippen molar-refractivity contribution < 1.29 is 13.9 Å². The van der Waals surface area contributed by atoms with Gasteiger partial charge in [0.15, 0.2) is 11.5 Å². The van der Waals surface area contributed by atoms with E-state index in [9.17, 15) is 4.39 Å². The highest BCUT2D eigenvalue weighted by molar-refractivity contribution is 5.72. The summed E-state index contributed by atoms with van der Waals surface area (Å²) >= 11 is 0. The Morgan fingerprint density at radius 1 is 1.05 bits per heavy atom. The third-order valence-electron chi connectivity index (χ3n) is 3.30. The number of hydrogen-bond acceptors (Lipinski definition) is 4. The molecule has 0 bridgehead atoms. The van der Waals surface area contributed by atoms with Gasteiger partial charge in [0.05, 0.1) is 25.6 Å². The maximum atomic E-state index is 13.0. The van der Waals surface area contributed by atoms with Gasteiger partial charge in [0, 0.05) is 18.2 Å². The summed E-state index contributed by atoms with van der Waals surface area (Å²) in [6.07, 6.45) is 0. The zero-order valence-corrected chi connectivity index (χ0v) is 12.3. The molecule has 0 fully saturated rings. The summed E-state index contributed by atoms with van der Waals surface area (Å²) in [4.78, 5) is 0. The van der Waals surface area contributed by atoms with E-state index in [1.807, 2.05) is 6.92 Å². The molecule has 0 aliphatic heterocycles. The first-order valence-corrected chi connectivity index (χ1v) is 6.58. The quantitative estimate of drug-likeness (QED) is 0.826. The monoisotopic (exact) mass is 290 g/mol. The maximum Gasteiger partial charge on any atom is 0.162 e. The molecule has 0 heterocycles. The second-order valence-electron chi connectivity index (χ2n) is 4.71. The van der Waals surface area contributed by atoms with Crippen LogP contribution in [0.15, 0.2) is 36.4 Å². The fourth-order valence-corrected chi connectivity index (χ4v) is 2.09. The molecule has 0 aromatic heterocycles. The smallest absolute Gasteiger partial charge is 0.162 e. The topological polar surface area (TPSA) is 56.5 Å². The molecule has 0 aliphatic rings. The van der Waals surface area contributed by atoms with Crippen molar-refractivity contribution in [3.8, 4) is 11.5 Å². The highest BCUT2D eigenvalue weighted by Crippen LogP contribution is 2.36. The summed E-state index contributed by atoms with van der Waals surface area (Å²) < 4.78 is 23.4. The van der Waals surface area contributed by atoms with Crippen molar-refractivity contribution in [2.75, 3.05) is 25.3 Å². The van der Waals surface area contributed by atoms with Crippen LogP contribution in [-0.4, -0.2) is 14.2 Å². The van der Waals surface area contributed by atoms with Crippen molar-refractivity contribution in [2.24, 2.45) is 0 Å². The predicted molar refractivity (Wildman–Crippen MR) is 82.4 cm³/mol. The van der Waals surface area contributed by atoms with E-state index in [4.69, 9.17) is 15.2 Å². The molecule has 0 spiro atoms. The molecule has 21 heavy (non-hydrogen) atoms. The number of benzene rings is 2. The minimum atomic E-state index is -0.253. The molecule has 4 nitrogen and oxygen atoms in total. The average molecular weight is 290 g/mol. The molecular weight excluding hydrogens is 271 g/mol. The van der Waals surface area contributed by atoms with Gasteiger partial charge in [-0.2, -0.15) is 0 Å². The zero-order valence-electron chi connectivity index (χ0n) is 12.3. The molecule has 0 saturated heterocycles. The number of nitrogens with one attached hydrogen (secondary N) is 1. The summed E-state index contributed by atoms with van der Waals surface area (Å²) in [5, 5.41) is 3.29. The summed E-state index contributed by atoms with van der Waals surface area (Å²) in [5.74, 6) is 0.923. The molecule has 1 atom stereocenters. The Balaban J connectivity index is 2.24. The van der Waals surface area contributed by atoms with E-state index < -0.39 is 0 Å². The first kappa shape index (κ1) is 15.0. The van der Waals surface area contributed by atoms with Gasteiger partial charge in [-0.15, -0.1) is 0 Å². The maximum absolute atomic E-state index is 13.0. The first-order chi connectivity index (χ1) is 10.0. The van der Waals surface area contributed by atoms with Crippen LogP contribution in [0.2, 0.25) is 0 Å². The second kappa shape index (κ2) is 6.35. The normalized spacial score (nSPS) is 11.8. The average Bonchev–Trinajstić information content (AvgIpc) is 2.49. The van der Waals surface area contributed by atoms with Crippen LogP contribution >= 0.6 is 0 Å². The number of rotatable bonds is 5. The van der Waals surface area contributed by atoms with Crippen molar-refractivity contribution >= 4 is 11.4 Å². The molecule has 2 aromatic carbocycles. The second-order valence-corrected chi connectivity index (χ2v) is 4.71. The van der Waals surface area contributed by atoms with Crippen LogP contribution in [0, 0.1) is 5.82 Å². The lowest BCUT2D eigenvalue weighted by atomic mass is 10.1. The van der Waals surface area contributed by atoms with E-state index in [-0.39, 0.29) is 11.9 Å². The Hall–Kier alpha value is -2.43. The van der Waals surface area contributed by atoms with E-state index in [0.717, 1.165) is 11.3 Å². The van der Waals surface area contributed by atoms with E-state index in [2.05, 4.69) is 5.32 Å². The van der Waals surface area contributed by atoms with Crippen molar-refractivity contribution in [1.82, 2.24) is 0 Å². The molecule has 0 amide bonds. The van der Waals surface area contributed by atoms with Gasteiger partial charge in [0.2, 0.25) is 0 Å². The first-order valence-electron chi connectivity index (χ1n) is 6.58. The van der Waals surface area contributed by atoms with Crippen LogP contribution in [0.1, 0.15) is 18.5 Å². The lowest BCUT2D eigenvalue weighted by Crippen LogP contribution is -2.09. The molecular formula is C16H19FN2O2.